The number of methoxy groups -OCH3 is 1. The highest BCUT2D eigenvalue weighted by molar-refractivity contribution is 6.58. The molecular weight excluding hydrogens is 433 g/mol. The molecule has 1 amide bonds. The molecule has 4 rings (SSSR count). The van der Waals surface area contributed by atoms with Gasteiger partial charge in [0.2, 0.25) is 0 Å². The molecule has 1 aliphatic rings. The summed E-state index contributed by atoms with van der Waals surface area (Å²) in [7, 11) is 1.08. The minimum atomic E-state index is -1.76. The highest BCUT2D eigenvalue weighted by Gasteiger charge is 2.30. The normalized spacial score (nSPS) is 12.0. The molecule has 0 saturated carbocycles. The summed E-state index contributed by atoms with van der Waals surface area (Å²) in [6.45, 7) is 1.92. The minimum absolute atomic E-state index is 0.0611. The van der Waals surface area contributed by atoms with Gasteiger partial charge in [0.05, 0.1) is 13.5 Å². The van der Waals surface area contributed by atoms with Crippen LogP contribution in [-0.4, -0.2) is 50.0 Å². The molecule has 1 aliphatic carbocycles. The summed E-state index contributed by atoms with van der Waals surface area (Å²) in [5, 5.41) is 19.4. The molecule has 3 aromatic rings. The van der Waals surface area contributed by atoms with Crippen LogP contribution in [0.2, 0.25) is 0 Å². The van der Waals surface area contributed by atoms with Crippen molar-refractivity contribution in [1.29, 1.82) is 0 Å². The topological polar surface area (TPSA) is 96.3 Å². The summed E-state index contributed by atoms with van der Waals surface area (Å²) < 4.78 is 10.5. The lowest BCUT2D eigenvalue weighted by molar-refractivity contribution is -0.139. The lowest BCUT2D eigenvalue weighted by atomic mass is 9.78. The number of carbonyl (C=O) groups is 2. The van der Waals surface area contributed by atoms with E-state index in [4.69, 9.17) is 9.47 Å². The number of nitrogens with zero attached hydrogens (tertiary/aromatic N) is 1. The van der Waals surface area contributed by atoms with Crippen molar-refractivity contribution in [3.8, 4) is 11.1 Å². The fraction of sp³-hybridized carbons (Fsp3) is 0.231. The number of anilines is 1. The van der Waals surface area contributed by atoms with Crippen LogP contribution in [0.15, 0.2) is 60.7 Å². The van der Waals surface area contributed by atoms with Crippen LogP contribution in [0.25, 0.3) is 11.1 Å². The Kier molecular flexibility index (Phi) is 6.72. The Balaban J connectivity index is 1.57. The fourth-order valence-corrected chi connectivity index (χ4v) is 4.48. The zero-order valence-corrected chi connectivity index (χ0v) is 19.3. The maximum absolute atomic E-state index is 13.0. The summed E-state index contributed by atoms with van der Waals surface area (Å²) in [5.41, 5.74) is 6.26. The largest absolute Gasteiger partial charge is 0.488 e. The molecule has 3 aromatic carbocycles. The van der Waals surface area contributed by atoms with Crippen LogP contribution in [0.5, 0.6) is 0 Å². The minimum Gasteiger partial charge on any atom is -0.469 e. The molecule has 0 spiro atoms. The van der Waals surface area contributed by atoms with Gasteiger partial charge in [-0.15, -0.1) is 0 Å². The van der Waals surface area contributed by atoms with Gasteiger partial charge < -0.3 is 19.5 Å². The first-order valence-electron chi connectivity index (χ1n) is 11.0. The van der Waals surface area contributed by atoms with Crippen molar-refractivity contribution in [2.45, 2.75) is 19.3 Å². The number of rotatable bonds is 6. The van der Waals surface area contributed by atoms with Crippen LogP contribution >= 0.6 is 0 Å². The van der Waals surface area contributed by atoms with E-state index in [0.717, 1.165) is 22.3 Å². The van der Waals surface area contributed by atoms with Crippen molar-refractivity contribution in [1.82, 2.24) is 0 Å². The van der Waals surface area contributed by atoms with Crippen molar-refractivity contribution >= 4 is 30.3 Å². The van der Waals surface area contributed by atoms with E-state index < -0.39 is 19.2 Å². The number of hydrogen-bond acceptors (Lipinski definition) is 6. The second kappa shape index (κ2) is 9.71. The molecule has 0 fully saturated rings. The molecule has 0 aromatic heterocycles. The van der Waals surface area contributed by atoms with Crippen molar-refractivity contribution < 1.29 is 29.1 Å². The van der Waals surface area contributed by atoms with E-state index in [2.05, 4.69) is 12.1 Å². The van der Waals surface area contributed by atoms with Gasteiger partial charge in [-0.2, -0.15) is 0 Å². The molecular formula is C26H26BNO6. The monoisotopic (exact) mass is 459 g/mol. The van der Waals surface area contributed by atoms with Crippen LogP contribution in [0, 0.1) is 6.92 Å². The van der Waals surface area contributed by atoms with Gasteiger partial charge >= 0.3 is 19.2 Å². The predicted octanol–water partition coefficient (Wildman–Crippen LogP) is 2.78. The Hall–Kier alpha value is -3.62. The third-order valence-electron chi connectivity index (χ3n) is 6.34. The summed E-state index contributed by atoms with van der Waals surface area (Å²) in [6, 6.07) is 19.2. The van der Waals surface area contributed by atoms with Gasteiger partial charge in [-0.25, -0.2) is 4.79 Å². The third-order valence-corrected chi connectivity index (χ3v) is 6.34. The smallest absolute Gasteiger partial charge is 0.469 e. The van der Waals surface area contributed by atoms with Crippen molar-refractivity contribution in [2.75, 3.05) is 25.7 Å². The van der Waals surface area contributed by atoms with E-state index in [9.17, 15) is 19.6 Å². The van der Waals surface area contributed by atoms with Crippen molar-refractivity contribution in [3.05, 3.63) is 82.9 Å². The first kappa shape index (κ1) is 23.5. The zero-order valence-electron chi connectivity index (χ0n) is 19.3. The molecule has 0 unspecified atom stereocenters. The second-order valence-corrected chi connectivity index (χ2v) is 8.31. The molecule has 174 valence electrons. The average molecular weight is 459 g/mol. The van der Waals surface area contributed by atoms with Crippen LogP contribution in [-0.2, 0) is 20.7 Å². The fourth-order valence-electron chi connectivity index (χ4n) is 4.48. The zero-order chi connectivity index (χ0) is 24.4. The van der Waals surface area contributed by atoms with Gasteiger partial charge in [-0.1, -0.05) is 54.6 Å². The van der Waals surface area contributed by atoms with Gasteiger partial charge in [0.15, 0.2) is 0 Å². The summed E-state index contributed by atoms with van der Waals surface area (Å²) >= 11 is 0. The molecule has 8 heteroatoms. The van der Waals surface area contributed by atoms with Crippen LogP contribution in [0.3, 0.4) is 0 Å². The number of esters is 1. The Morgan fingerprint density at radius 1 is 1.00 bits per heavy atom. The van der Waals surface area contributed by atoms with E-state index in [1.165, 1.54) is 24.1 Å². The van der Waals surface area contributed by atoms with Crippen molar-refractivity contribution in [2.24, 2.45) is 0 Å². The molecule has 2 N–H and O–H groups in total. The van der Waals surface area contributed by atoms with E-state index in [1.807, 2.05) is 36.4 Å². The van der Waals surface area contributed by atoms with E-state index in [1.54, 1.807) is 14.0 Å². The molecule has 0 atom stereocenters. The van der Waals surface area contributed by atoms with Gasteiger partial charge in [0.1, 0.15) is 6.61 Å². The number of ether oxygens (including phenoxy) is 2. The lowest BCUT2D eigenvalue weighted by Crippen LogP contribution is -2.34. The van der Waals surface area contributed by atoms with Crippen LogP contribution in [0.4, 0.5) is 10.5 Å². The maximum atomic E-state index is 13.0. The van der Waals surface area contributed by atoms with Crippen LogP contribution < -0.4 is 10.4 Å². The van der Waals surface area contributed by atoms with Crippen LogP contribution in [0.1, 0.15) is 28.2 Å². The Bertz CT molecular complexity index is 1200. The second-order valence-electron chi connectivity index (χ2n) is 8.31. The SMILES string of the molecule is COC(=O)Cc1cc(B(O)O)cc(N(C)C(=O)OCC2c3ccccc3-c3ccccc32)c1C. The first-order valence-corrected chi connectivity index (χ1v) is 11.0. The summed E-state index contributed by atoms with van der Waals surface area (Å²) in [5.74, 6) is -0.547. The number of carbonyl (C=O) groups excluding carboxylic acids is 2. The van der Waals surface area contributed by atoms with Gasteiger partial charge in [-0.3, -0.25) is 9.69 Å². The Labute approximate surface area is 198 Å². The number of amides is 1. The van der Waals surface area contributed by atoms with Gasteiger partial charge in [0, 0.05) is 18.7 Å². The predicted molar refractivity (Wildman–Crippen MR) is 130 cm³/mol. The molecule has 0 saturated heterocycles. The van der Waals surface area contributed by atoms with E-state index in [0.29, 0.717) is 16.8 Å². The van der Waals surface area contributed by atoms with Gasteiger partial charge in [-0.05, 0) is 51.8 Å². The molecule has 0 aliphatic heterocycles. The number of fused-ring (bicyclic) bond motifs is 3. The summed E-state index contributed by atoms with van der Waals surface area (Å²) in [4.78, 5) is 26.2. The highest BCUT2D eigenvalue weighted by Crippen LogP contribution is 2.44. The summed E-state index contributed by atoms with van der Waals surface area (Å²) in [6.07, 6.45) is -0.646. The van der Waals surface area contributed by atoms with Gasteiger partial charge in [0.25, 0.3) is 0 Å². The Morgan fingerprint density at radius 2 is 1.59 bits per heavy atom. The maximum Gasteiger partial charge on any atom is 0.488 e. The van der Waals surface area contributed by atoms with E-state index in [-0.39, 0.29) is 24.4 Å². The number of benzene rings is 3. The number of hydrogen-bond donors (Lipinski definition) is 2. The lowest BCUT2D eigenvalue weighted by Gasteiger charge is -2.23. The first-order chi connectivity index (χ1) is 16.3. The molecule has 0 bridgehead atoms. The highest BCUT2D eigenvalue weighted by atomic mass is 16.6. The van der Waals surface area contributed by atoms with E-state index >= 15 is 0 Å². The average Bonchev–Trinajstić information content (AvgIpc) is 3.16. The molecule has 0 radical (unpaired) electrons. The quantitative estimate of drug-likeness (QED) is 0.435. The molecule has 0 heterocycles. The standard InChI is InChI=1S/C26H26BNO6/c1-16-17(13-25(29)33-3)12-18(27(31)32)14-24(16)28(2)26(30)34-15-23-21-10-6-4-8-19(21)20-9-5-7-11-22(20)23/h4-12,14,23,31-32H,13,15H2,1-3H3. The molecule has 34 heavy (non-hydrogen) atoms. The third kappa shape index (κ3) is 4.42. The Morgan fingerprint density at radius 3 is 2.15 bits per heavy atom. The molecule has 7 nitrogen and oxygen atoms in total. The van der Waals surface area contributed by atoms with Crippen molar-refractivity contribution in [3.63, 3.8) is 0 Å².